The Kier molecular flexibility index (Phi) is 14.7. The molecule has 10 nitrogen and oxygen atoms in total. The monoisotopic (exact) mass is 632 g/mol. The quantitative estimate of drug-likeness (QED) is 0.405. The summed E-state index contributed by atoms with van der Waals surface area (Å²) in [6.45, 7) is 18.7. The van der Waals surface area contributed by atoms with Gasteiger partial charge in [-0.1, -0.05) is 45.2 Å². The summed E-state index contributed by atoms with van der Waals surface area (Å²) in [4.78, 5) is 29.5. The molecule has 10 heteroatoms. The Bertz CT molecular complexity index is 1070. The zero-order valence-electron chi connectivity index (χ0n) is 27.0. The topological polar surface area (TPSA) is 92.8 Å². The fourth-order valence-electron chi connectivity index (χ4n) is 5.24. The Labute approximate surface area is 272 Å². The first-order valence-electron chi connectivity index (χ1n) is 15.8. The number of hydrogen-bond donors (Lipinski definition) is 1. The van der Waals surface area contributed by atoms with Crippen molar-refractivity contribution in [2.45, 2.75) is 112 Å². The van der Waals surface area contributed by atoms with Gasteiger partial charge in [0.2, 0.25) is 0 Å². The summed E-state index contributed by atoms with van der Waals surface area (Å²) < 4.78 is 22.7. The van der Waals surface area contributed by atoms with Gasteiger partial charge >= 0.3 is 12.2 Å². The fourth-order valence-corrected chi connectivity index (χ4v) is 5.24. The number of benzene rings is 1. The van der Waals surface area contributed by atoms with Crippen LogP contribution >= 0.6 is 0 Å². The van der Waals surface area contributed by atoms with Crippen LogP contribution in [0.2, 0.25) is 0 Å². The van der Waals surface area contributed by atoms with Crippen molar-refractivity contribution >= 4 is 12.2 Å². The predicted octanol–water partition coefficient (Wildman–Crippen LogP) is 6.06. The average Bonchev–Trinajstić information content (AvgIpc) is 2.87. The lowest BCUT2D eigenvalue weighted by Crippen LogP contribution is -2.57. The summed E-state index contributed by atoms with van der Waals surface area (Å²) in [6, 6.07) is 10.5. The lowest BCUT2D eigenvalue weighted by atomic mass is 10.1. The van der Waals surface area contributed by atoms with Gasteiger partial charge in [0.05, 0.1) is 44.9 Å². The molecule has 4 aliphatic heterocycles. The SMILES string of the molecule is C.C.CC(C)(C)OC(=O)N1CC(OC2=CCCN(Cc3ccccc3)C2)C1.CC(C)(C)OC(=O)N1CC(OC2CCCNC2)C1. The molecular weight excluding hydrogens is 572 g/mol. The molecule has 0 aromatic heterocycles. The van der Waals surface area contributed by atoms with E-state index in [0.29, 0.717) is 32.3 Å². The van der Waals surface area contributed by atoms with Crippen LogP contribution in [-0.4, -0.2) is 109 Å². The van der Waals surface area contributed by atoms with Crippen LogP contribution < -0.4 is 5.32 Å². The molecule has 5 rings (SSSR count). The van der Waals surface area contributed by atoms with Crippen LogP contribution in [0.15, 0.2) is 42.2 Å². The van der Waals surface area contributed by atoms with Gasteiger partial charge in [-0.15, -0.1) is 0 Å². The van der Waals surface area contributed by atoms with Crippen molar-refractivity contribution < 1.29 is 28.5 Å². The lowest BCUT2D eigenvalue weighted by Gasteiger charge is -2.41. The largest absolute Gasteiger partial charge is 0.490 e. The molecule has 0 spiro atoms. The molecule has 3 saturated heterocycles. The van der Waals surface area contributed by atoms with E-state index in [4.69, 9.17) is 18.9 Å². The van der Waals surface area contributed by atoms with Gasteiger partial charge in [0, 0.05) is 19.6 Å². The van der Waals surface area contributed by atoms with Gasteiger partial charge in [-0.3, -0.25) is 4.90 Å². The van der Waals surface area contributed by atoms with Crippen LogP contribution in [0.3, 0.4) is 0 Å². The number of nitrogens with one attached hydrogen (secondary N) is 1. The number of piperidine rings is 1. The Morgan fingerprint density at radius 3 is 1.96 bits per heavy atom. The zero-order chi connectivity index (χ0) is 31.0. The van der Waals surface area contributed by atoms with Crippen LogP contribution in [-0.2, 0) is 25.5 Å². The smallest absolute Gasteiger partial charge is 0.410 e. The van der Waals surface area contributed by atoms with Gasteiger partial charge in [-0.05, 0) is 79.0 Å². The highest BCUT2D eigenvalue weighted by Crippen LogP contribution is 2.22. The van der Waals surface area contributed by atoms with Crippen molar-refractivity contribution in [2.75, 3.05) is 52.4 Å². The van der Waals surface area contributed by atoms with E-state index >= 15 is 0 Å². The fraction of sp³-hybridized carbons (Fsp3) is 0.714. The minimum atomic E-state index is -0.452. The number of amides is 2. The summed E-state index contributed by atoms with van der Waals surface area (Å²) in [7, 11) is 0. The van der Waals surface area contributed by atoms with Crippen molar-refractivity contribution in [1.29, 1.82) is 0 Å². The molecule has 0 radical (unpaired) electrons. The highest BCUT2D eigenvalue weighted by Gasteiger charge is 2.37. The molecule has 0 saturated carbocycles. The van der Waals surface area contributed by atoms with E-state index in [9.17, 15) is 9.59 Å². The van der Waals surface area contributed by atoms with Gasteiger partial charge in [0.15, 0.2) is 0 Å². The maximum Gasteiger partial charge on any atom is 0.410 e. The molecule has 45 heavy (non-hydrogen) atoms. The molecule has 4 heterocycles. The Hall–Kier alpha value is -2.82. The van der Waals surface area contributed by atoms with Crippen molar-refractivity contribution in [1.82, 2.24) is 20.0 Å². The van der Waals surface area contributed by atoms with Gasteiger partial charge in [0.25, 0.3) is 0 Å². The number of nitrogens with zero attached hydrogens (tertiary/aromatic N) is 3. The number of carbonyl (C=O) groups excluding carboxylic acids is 2. The molecule has 0 aliphatic carbocycles. The number of carbonyl (C=O) groups is 2. The molecule has 2 amide bonds. The molecule has 1 aromatic rings. The molecule has 1 atom stereocenters. The van der Waals surface area contributed by atoms with Crippen molar-refractivity contribution in [3.05, 3.63) is 47.7 Å². The van der Waals surface area contributed by atoms with Crippen LogP contribution in [0, 0.1) is 0 Å². The van der Waals surface area contributed by atoms with E-state index < -0.39 is 11.2 Å². The first-order valence-corrected chi connectivity index (χ1v) is 15.8. The van der Waals surface area contributed by atoms with Crippen LogP contribution in [0.4, 0.5) is 9.59 Å². The number of hydrogen-bond acceptors (Lipinski definition) is 8. The number of rotatable bonds is 6. The molecule has 1 N–H and O–H groups in total. The van der Waals surface area contributed by atoms with Gasteiger partial charge < -0.3 is 34.1 Å². The predicted molar refractivity (Wildman–Crippen MR) is 179 cm³/mol. The second kappa shape index (κ2) is 17.2. The zero-order valence-corrected chi connectivity index (χ0v) is 27.0. The minimum Gasteiger partial charge on any atom is -0.490 e. The molecule has 0 bridgehead atoms. The molecule has 1 aromatic carbocycles. The summed E-state index contributed by atoms with van der Waals surface area (Å²) in [5.74, 6) is 1.02. The van der Waals surface area contributed by atoms with Crippen LogP contribution in [0.1, 0.15) is 81.2 Å². The molecule has 4 aliphatic rings. The maximum atomic E-state index is 12.0. The van der Waals surface area contributed by atoms with Gasteiger partial charge in [0.1, 0.15) is 23.1 Å². The third kappa shape index (κ3) is 13.2. The first-order chi connectivity index (χ1) is 20.3. The summed E-state index contributed by atoms with van der Waals surface area (Å²) in [5, 5.41) is 3.32. The maximum absolute atomic E-state index is 12.0. The Balaban J connectivity index is 0.000000315. The lowest BCUT2D eigenvalue weighted by molar-refractivity contribution is -0.0973. The van der Waals surface area contributed by atoms with E-state index in [2.05, 4.69) is 40.6 Å². The first kappa shape index (κ1) is 38.4. The van der Waals surface area contributed by atoms with Gasteiger partial charge in [-0.25, -0.2) is 9.59 Å². The van der Waals surface area contributed by atoms with Crippen molar-refractivity contribution in [3.8, 4) is 0 Å². The van der Waals surface area contributed by atoms with Crippen molar-refractivity contribution in [3.63, 3.8) is 0 Å². The third-order valence-electron chi connectivity index (χ3n) is 7.40. The third-order valence-corrected chi connectivity index (χ3v) is 7.40. The minimum absolute atomic E-state index is 0. The number of ether oxygens (including phenoxy) is 4. The molecular formula is C35H60N4O6. The van der Waals surface area contributed by atoms with Crippen molar-refractivity contribution in [2.24, 2.45) is 0 Å². The summed E-state index contributed by atoms with van der Waals surface area (Å²) in [6.07, 6.45) is 5.56. The van der Waals surface area contributed by atoms with Crippen LogP contribution in [0.25, 0.3) is 0 Å². The van der Waals surface area contributed by atoms with E-state index in [-0.39, 0.29) is 39.2 Å². The van der Waals surface area contributed by atoms with Gasteiger partial charge in [-0.2, -0.15) is 0 Å². The molecule has 3 fully saturated rings. The van der Waals surface area contributed by atoms with E-state index in [1.54, 1.807) is 9.80 Å². The molecule has 1 unspecified atom stereocenters. The van der Waals surface area contributed by atoms with E-state index in [0.717, 1.165) is 51.3 Å². The average molecular weight is 633 g/mol. The van der Waals surface area contributed by atoms with E-state index in [1.165, 1.54) is 12.0 Å². The summed E-state index contributed by atoms with van der Waals surface area (Å²) in [5.41, 5.74) is 0.451. The van der Waals surface area contributed by atoms with Crippen LogP contribution in [0.5, 0.6) is 0 Å². The Morgan fingerprint density at radius 1 is 0.844 bits per heavy atom. The standard InChI is InChI=1S/C20H28N2O3.C13H24N2O3.2CH4/c1-20(2,3)25-19(23)22-14-18(15-22)24-17-10-7-11-21(13-17)12-16-8-5-4-6-9-16;1-13(2,3)18-12(16)15-8-11(9-15)17-10-5-4-6-14-7-10;;/h4-6,8-10,18H,7,11-15H2,1-3H3;10-11,14H,4-9H2,1-3H3;2*1H4. The van der Waals surface area contributed by atoms with E-state index in [1.807, 2.05) is 47.6 Å². The highest BCUT2D eigenvalue weighted by molar-refractivity contribution is 5.69. The second-order valence-corrected chi connectivity index (χ2v) is 13.9. The number of likely N-dealkylation sites (tertiary alicyclic amines) is 2. The highest BCUT2D eigenvalue weighted by atomic mass is 16.6. The second-order valence-electron chi connectivity index (χ2n) is 13.9. The Morgan fingerprint density at radius 2 is 1.42 bits per heavy atom. The molecule has 256 valence electrons. The summed E-state index contributed by atoms with van der Waals surface area (Å²) >= 11 is 0. The normalized spacial score (nSPS) is 20.9.